The van der Waals surface area contributed by atoms with Gasteiger partial charge < -0.3 is 10.5 Å². The first-order valence-electron chi connectivity index (χ1n) is 7.42. The molecular formula is C14H28N2O. The molecule has 2 aliphatic rings. The molecule has 0 spiro atoms. The van der Waals surface area contributed by atoms with E-state index >= 15 is 0 Å². The predicted octanol–water partition coefficient (Wildman–Crippen LogP) is 2.01. The fourth-order valence-electron chi connectivity index (χ4n) is 3.33. The fraction of sp³-hybridized carbons (Fsp3) is 1.00. The summed E-state index contributed by atoms with van der Waals surface area (Å²) in [6.07, 6.45) is 9.66. The van der Waals surface area contributed by atoms with Gasteiger partial charge in [-0.1, -0.05) is 32.1 Å². The van der Waals surface area contributed by atoms with Crippen LogP contribution in [0.1, 0.15) is 44.9 Å². The smallest absolute Gasteiger partial charge is 0.0593 e. The summed E-state index contributed by atoms with van der Waals surface area (Å²) >= 11 is 0. The molecule has 1 atom stereocenters. The monoisotopic (exact) mass is 240 g/mol. The summed E-state index contributed by atoms with van der Waals surface area (Å²) in [6.45, 7) is 4.89. The van der Waals surface area contributed by atoms with Crippen LogP contribution < -0.4 is 5.73 Å². The summed E-state index contributed by atoms with van der Waals surface area (Å²) in [5, 5.41) is 0. The van der Waals surface area contributed by atoms with E-state index in [-0.39, 0.29) is 0 Å². The van der Waals surface area contributed by atoms with E-state index in [1.54, 1.807) is 0 Å². The Kier molecular flexibility index (Phi) is 5.75. The van der Waals surface area contributed by atoms with Gasteiger partial charge in [0.25, 0.3) is 0 Å². The minimum absolute atomic E-state index is 0.597. The summed E-state index contributed by atoms with van der Waals surface area (Å²) in [7, 11) is 0. The second-order valence-corrected chi connectivity index (χ2v) is 5.63. The molecule has 1 aliphatic heterocycles. The number of hydrogen-bond donors (Lipinski definition) is 1. The summed E-state index contributed by atoms with van der Waals surface area (Å²) in [6, 6.07) is 0.597. The zero-order valence-corrected chi connectivity index (χ0v) is 11.1. The molecule has 0 radical (unpaired) electrons. The highest BCUT2D eigenvalue weighted by Gasteiger charge is 2.23. The molecule has 2 N–H and O–H groups in total. The predicted molar refractivity (Wildman–Crippen MR) is 71.0 cm³/mol. The van der Waals surface area contributed by atoms with Gasteiger partial charge in [0.05, 0.1) is 6.61 Å². The summed E-state index contributed by atoms with van der Waals surface area (Å²) < 4.78 is 5.53. The quantitative estimate of drug-likeness (QED) is 0.817. The van der Waals surface area contributed by atoms with Gasteiger partial charge in [0, 0.05) is 32.3 Å². The lowest BCUT2D eigenvalue weighted by molar-refractivity contribution is 0.123. The molecule has 0 bridgehead atoms. The average Bonchev–Trinajstić information content (AvgIpc) is 2.66. The van der Waals surface area contributed by atoms with Gasteiger partial charge in [-0.3, -0.25) is 4.90 Å². The Hall–Kier alpha value is -0.120. The minimum Gasteiger partial charge on any atom is -0.380 e. The van der Waals surface area contributed by atoms with E-state index in [0.29, 0.717) is 6.04 Å². The van der Waals surface area contributed by atoms with Crippen LogP contribution in [0.15, 0.2) is 0 Å². The van der Waals surface area contributed by atoms with Gasteiger partial charge in [0.1, 0.15) is 0 Å². The van der Waals surface area contributed by atoms with Crippen LogP contribution in [0, 0.1) is 5.92 Å². The van der Waals surface area contributed by atoms with Crippen molar-refractivity contribution in [3.8, 4) is 0 Å². The van der Waals surface area contributed by atoms with Gasteiger partial charge in [0.2, 0.25) is 0 Å². The lowest BCUT2D eigenvalue weighted by atomic mass is 9.84. The van der Waals surface area contributed by atoms with Crippen LogP contribution >= 0.6 is 0 Å². The number of ether oxygens (including phenoxy) is 1. The molecule has 17 heavy (non-hydrogen) atoms. The van der Waals surface area contributed by atoms with Crippen molar-refractivity contribution in [3.05, 3.63) is 0 Å². The van der Waals surface area contributed by atoms with E-state index in [9.17, 15) is 0 Å². The van der Waals surface area contributed by atoms with E-state index in [1.807, 2.05) is 0 Å². The molecule has 1 unspecified atom stereocenters. The Balaban J connectivity index is 1.81. The molecule has 0 aromatic carbocycles. The van der Waals surface area contributed by atoms with Gasteiger partial charge in [-0.25, -0.2) is 0 Å². The Morgan fingerprint density at radius 3 is 2.65 bits per heavy atom. The second-order valence-electron chi connectivity index (χ2n) is 5.63. The first kappa shape index (κ1) is 13.3. The van der Waals surface area contributed by atoms with Crippen molar-refractivity contribution in [2.45, 2.75) is 51.0 Å². The highest BCUT2D eigenvalue weighted by atomic mass is 16.5. The normalized spacial score (nSPS) is 26.6. The van der Waals surface area contributed by atoms with E-state index in [0.717, 1.165) is 32.2 Å². The molecule has 0 aromatic rings. The van der Waals surface area contributed by atoms with Gasteiger partial charge in [-0.05, 0) is 18.8 Å². The molecule has 3 heteroatoms. The van der Waals surface area contributed by atoms with Gasteiger partial charge in [-0.15, -0.1) is 0 Å². The van der Waals surface area contributed by atoms with Crippen molar-refractivity contribution in [1.82, 2.24) is 4.90 Å². The zero-order chi connectivity index (χ0) is 11.9. The fourth-order valence-corrected chi connectivity index (χ4v) is 3.33. The first-order valence-corrected chi connectivity index (χ1v) is 7.42. The average molecular weight is 240 g/mol. The third-order valence-corrected chi connectivity index (χ3v) is 4.38. The zero-order valence-electron chi connectivity index (χ0n) is 11.1. The maximum absolute atomic E-state index is 5.99. The van der Waals surface area contributed by atoms with Crippen molar-refractivity contribution in [3.63, 3.8) is 0 Å². The molecule has 2 rings (SSSR count). The van der Waals surface area contributed by atoms with Crippen LogP contribution in [0.2, 0.25) is 0 Å². The molecule has 1 saturated carbocycles. The third kappa shape index (κ3) is 4.23. The molecule has 0 amide bonds. The van der Waals surface area contributed by atoms with E-state index in [4.69, 9.17) is 10.5 Å². The van der Waals surface area contributed by atoms with Crippen LogP contribution in [0.4, 0.5) is 0 Å². The Bertz CT molecular complexity index is 196. The van der Waals surface area contributed by atoms with Crippen LogP contribution in [0.5, 0.6) is 0 Å². The topological polar surface area (TPSA) is 38.5 Å². The maximum Gasteiger partial charge on any atom is 0.0593 e. The molecule has 100 valence electrons. The molecule has 2 fully saturated rings. The minimum atomic E-state index is 0.597. The molecule has 3 nitrogen and oxygen atoms in total. The van der Waals surface area contributed by atoms with Crippen LogP contribution in [0.25, 0.3) is 0 Å². The lowest BCUT2D eigenvalue weighted by Crippen LogP contribution is -2.43. The molecule has 1 aliphatic carbocycles. The number of nitrogens with two attached hydrogens (primary N) is 1. The Morgan fingerprint density at radius 2 is 1.88 bits per heavy atom. The lowest BCUT2D eigenvalue weighted by Gasteiger charge is -2.33. The maximum atomic E-state index is 5.99. The van der Waals surface area contributed by atoms with Crippen molar-refractivity contribution in [1.29, 1.82) is 0 Å². The van der Waals surface area contributed by atoms with Crippen molar-refractivity contribution < 1.29 is 4.74 Å². The Labute approximate surface area is 106 Å². The summed E-state index contributed by atoms with van der Waals surface area (Å²) in [5.74, 6) is 0.932. The van der Waals surface area contributed by atoms with Crippen molar-refractivity contribution >= 4 is 0 Å². The second kappa shape index (κ2) is 7.34. The van der Waals surface area contributed by atoms with E-state index in [2.05, 4.69) is 4.90 Å². The van der Waals surface area contributed by atoms with Crippen LogP contribution in [-0.4, -0.2) is 43.8 Å². The number of nitrogens with zero attached hydrogens (tertiary/aromatic N) is 1. The van der Waals surface area contributed by atoms with Crippen LogP contribution in [0.3, 0.4) is 0 Å². The highest BCUT2D eigenvalue weighted by molar-refractivity contribution is 4.79. The molecule has 1 heterocycles. The van der Waals surface area contributed by atoms with Crippen molar-refractivity contribution in [2.24, 2.45) is 11.7 Å². The SMILES string of the molecule is NCC(CC1CCCCC1)N1CCCOCC1. The van der Waals surface area contributed by atoms with Crippen molar-refractivity contribution in [2.75, 3.05) is 32.8 Å². The summed E-state index contributed by atoms with van der Waals surface area (Å²) in [5.41, 5.74) is 5.99. The number of rotatable bonds is 4. The van der Waals surface area contributed by atoms with E-state index in [1.165, 1.54) is 51.5 Å². The summed E-state index contributed by atoms with van der Waals surface area (Å²) in [4.78, 5) is 2.57. The Morgan fingerprint density at radius 1 is 1.06 bits per heavy atom. The molecule has 0 aromatic heterocycles. The largest absolute Gasteiger partial charge is 0.380 e. The first-order chi connectivity index (χ1) is 8.40. The molecule has 1 saturated heterocycles. The number of hydrogen-bond acceptors (Lipinski definition) is 3. The van der Waals surface area contributed by atoms with Gasteiger partial charge >= 0.3 is 0 Å². The highest BCUT2D eigenvalue weighted by Crippen LogP contribution is 2.28. The van der Waals surface area contributed by atoms with Gasteiger partial charge in [-0.2, -0.15) is 0 Å². The third-order valence-electron chi connectivity index (χ3n) is 4.38. The van der Waals surface area contributed by atoms with Gasteiger partial charge in [0.15, 0.2) is 0 Å². The van der Waals surface area contributed by atoms with E-state index < -0.39 is 0 Å². The van der Waals surface area contributed by atoms with Crippen LogP contribution in [-0.2, 0) is 4.74 Å². The molecular weight excluding hydrogens is 212 g/mol. The standard InChI is InChI=1S/C14H28N2O/c15-12-14(11-13-5-2-1-3-6-13)16-7-4-9-17-10-8-16/h13-14H,1-12,15H2.